The molecule has 0 N–H and O–H groups in total. The van der Waals surface area contributed by atoms with Crippen LogP contribution in [-0.2, 0) is 19.3 Å². The van der Waals surface area contributed by atoms with Crippen LogP contribution < -0.4 is 28.4 Å². The van der Waals surface area contributed by atoms with Crippen molar-refractivity contribution in [3.05, 3.63) is 118 Å². The largest absolute Gasteiger partial charge is 0.497 e. The lowest BCUT2D eigenvalue weighted by Gasteiger charge is -2.07. The molecule has 0 amide bonds. The van der Waals surface area contributed by atoms with E-state index in [9.17, 15) is 0 Å². The molecule has 0 spiro atoms. The Balaban J connectivity index is 0.980. The van der Waals surface area contributed by atoms with Gasteiger partial charge in [-0.2, -0.15) is 0 Å². The van der Waals surface area contributed by atoms with Gasteiger partial charge in [-0.1, -0.05) is 38.5 Å². The quantitative estimate of drug-likeness (QED) is 0.0438. The predicted octanol–water partition coefficient (Wildman–Crippen LogP) is 14.8. The first-order valence-corrected chi connectivity index (χ1v) is 24.3. The molecule has 0 radical (unpaired) electrons. The van der Waals surface area contributed by atoms with E-state index in [1.807, 2.05) is 107 Å². The van der Waals surface area contributed by atoms with Crippen molar-refractivity contribution in [3.63, 3.8) is 0 Å². The molecule has 3 aromatic heterocycles. The van der Waals surface area contributed by atoms with Crippen LogP contribution in [0.3, 0.4) is 0 Å². The molecule has 0 aliphatic carbocycles. The zero-order valence-corrected chi connectivity index (χ0v) is 38.2. The number of methoxy groups -OCH3 is 3. The van der Waals surface area contributed by atoms with Gasteiger partial charge in [0.2, 0.25) is 0 Å². The van der Waals surface area contributed by atoms with E-state index >= 15 is 0 Å². The molecule has 0 unspecified atom stereocenters. The molecule has 0 aliphatic rings. The average Bonchev–Trinajstić information content (AvgIpc) is 4.06. The third kappa shape index (κ3) is 14.6. The standard InChI is InChI=1S/C51H62O6S3/c1-52-42-19-25-45(26-20-42)55-32-13-7-4-10-16-39-36-48(59-38-39)51-41(18-12-6-9-15-34-57-47-29-23-44(54-3)24-30-47)37-49(60-51)50-40(31-35-58-50)17-11-5-8-14-33-56-46-27-21-43(53-2)22-28-46/h19-31,35-38H,4-18,32-34H2,1-3H3. The van der Waals surface area contributed by atoms with Gasteiger partial charge in [0.1, 0.15) is 34.5 Å². The number of hydrogen-bond acceptors (Lipinski definition) is 9. The average molecular weight is 867 g/mol. The Morgan fingerprint density at radius 3 is 1.30 bits per heavy atom. The molecule has 0 saturated carbocycles. The molecule has 0 saturated heterocycles. The van der Waals surface area contributed by atoms with Crippen molar-refractivity contribution in [2.24, 2.45) is 0 Å². The molecule has 3 aromatic carbocycles. The summed E-state index contributed by atoms with van der Waals surface area (Å²) in [7, 11) is 5.06. The number of benzene rings is 3. The summed E-state index contributed by atoms with van der Waals surface area (Å²) in [5.74, 6) is 5.27. The smallest absolute Gasteiger partial charge is 0.119 e. The van der Waals surface area contributed by atoms with Gasteiger partial charge in [-0.15, -0.1) is 34.0 Å². The first-order valence-electron chi connectivity index (χ1n) is 21.7. The Morgan fingerprint density at radius 1 is 0.383 bits per heavy atom. The highest BCUT2D eigenvalue weighted by atomic mass is 32.1. The van der Waals surface area contributed by atoms with Crippen molar-refractivity contribution in [3.8, 4) is 54.0 Å². The van der Waals surface area contributed by atoms with Crippen LogP contribution in [0, 0.1) is 0 Å². The highest BCUT2D eigenvalue weighted by molar-refractivity contribution is 7.26. The monoisotopic (exact) mass is 866 g/mol. The summed E-state index contributed by atoms with van der Waals surface area (Å²) < 4.78 is 33.6. The predicted molar refractivity (Wildman–Crippen MR) is 253 cm³/mol. The first-order chi connectivity index (χ1) is 29.6. The maximum atomic E-state index is 5.99. The fourth-order valence-electron chi connectivity index (χ4n) is 7.22. The van der Waals surface area contributed by atoms with E-state index in [-0.39, 0.29) is 0 Å². The summed E-state index contributed by atoms with van der Waals surface area (Å²) in [5, 5.41) is 4.68. The van der Waals surface area contributed by atoms with Crippen LogP contribution in [0.1, 0.15) is 93.7 Å². The third-order valence-electron chi connectivity index (χ3n) is 10.7. The van der Waals surface area contributed by atoms with E-state index in [2.05, 4.69) is 29.0 Å². The highest BCUT2D eigenvalue weighted by Gasteiger charge is 2.17. The second-order valence-corrected chi connectivity index (χ2v) is 18.0. The summed E-state index contributed by atoms with van der Waals surface area (Å²) >= 11 is 5.83. The number of hydrogen-bond donors (Lipinski definition) is 0. The number of ether oxygens (including phenoxy) is 6. The molecular weight excluding hydrogens is 805 g/mol. The zero-order valence-electron chi connectivity index (χ0n) is 35.7. The van der Waals surface area contributed by atoms with E-state index in [1.165, 1.54) is 94.0 Å². The molecule has 0 bridgehead atoms. The Kier molecular flexibility index (Phi) is 19.1. The van der Waals surface area contributed by atoms with E-state index in [4.69, 9.17) is 28.4 Å². The van der Waals surface area contributed by atoms with Gasteiger partial charge >= 0.3 is 0 Å². The van der Waals surface area contributed by atoms with Crippen LogP contribution in [0.25, 0.3) is 19.5 Å². The van der Waals surface area contributed by atoms with Crippen molar-refractivity contribution >= 4 is 34.0 Å². The lowest BCUT2D eigenvalue weighted by atomic mass is 10.0. The minimum Gasteiger partial charge on any atom is -0.497 e. The van der Waals surface area contributed by atoms with E-state index in [0.717, 1.165) is 92.8 Å². The SMILES string of the molecule is COc1ccc(OCCCCCCc2csc(-c3sc(-c4sccc4CCCCCCOc4ccc(OC)cc4)cc3CCCCCCOc3ccc(OC)cc3)c2)cc1. The molecule has 6 aromatic rings. The molecule has 9 heteroatoms. The van der Waals surface area contributed by atoms with Crippen LogP contribution in [0.15, 0.2) is 102 Å². The molecule has 0 aliphatic heterocycles. The Morgan fingerprint density at radius 2 is 0.817 bits per heavy atom. The van der Waals surface area contributed by atoms with Crippen LogP contribution in [0.4, 0.5) is 0 Å². The molecule has 0 fully saturated rings. The number of aryl methyl sites for hydroxylation is 3. The van der Waals surface area contributed by atoms with Crippen LogP contribution in [-0.4, -0.2) is 41.2 Å². The van der Waals surface area contributed by atoms with Crippen molar-refractivity contribution in [1.29, 1.82) is 0 Å². The Bertz CT molecular complexity index is 2060. The molecule has 60 heavy (non-hydrogen) atoms. The maximum absolute atomic E-state index is 5.99. The maximum Gasteiger partial charge on any atom is 0.119 e. The van der Waals surface area contributed by atoms with Crippen molar-refractivity contribution < 1.29 is 28.4 Å². The van der Waals surface area contributed by atoms with Crippen molar-refractivity contribution in [2.75, 3.05) is 41.2 Å². The van der Waals surface area contributed by atoms with Gasteiger partial charge in [0.05, 0.1) is 41.2 Å². The van der Waals surface area contributed by atoms with Crippen molar-refractivity contribution in [1.82, 2.24) is 0 Å². The van der Waals surface area contributed by atoms with Gasteiger partial charge in [0, 0.05) is 19.5 Å². The second-order valence-electron chi connectivity index (χ2n) is 15.1. The summed E-state index contributed by atoms with van der Waals surface area (Å²) in [6, 6.07) is 30.9. The number of rotatable bonds is 29. The number of unbranched alkanes of at least 4 members (excludes halogenated alkanes) is 9. The van der Waals surface area contributed by atoms with Gasteiger partial charge < -0.3 is 28.4 Å². The topological polar surface area (TPSA) is 55.4 Å². The summed E-state index contributed by atoms with van der Waals surface area (Å²) in [6.45, 7) is 2.25. The second kappa shape index (κ2) is 25.4. The van der Waals surface area contributed by atoms with E-state index in [1.54, 1.807) is 21.3 Å². The zero-order chi connectivity index (χ0) is 41.6. The molecule has 6 rings (SSSR count). The van der Waals surface area contributed by atoms with E-state index in [0.29, 0.717) is 0 Å². The Hall–Kier alpha value is -4.44. The minimum atomic E-state index is 0.744. The lowest BCUT2D eigenvalue weighted by molar-refractivity contribution is 0.304. The van der Waals surface area contributed by atoms with Gasteiger partial charge in [-0.3, -0.25) is 0 Å². The molecular formula is C51H62O6S3. The molecule has 6 nitrogen and oxygen atoms in total. The molecule has 320 valence electrons. The highest BCUT2D eigenvalue weighted by Crippen LogP contribution is 2.44. The van der Waals surface area contributed by atoms with Gasteiger partial charge in [-0.25, -0.2) is 0 Å². The van der Waals surface area contributed by atoms with Gasteiger partial charge in [0.25, 0.3) is 0 Å². The normalized spacial score (nSPS) is 11.1. The Labute approximate surface area is 370 Å². The van der Waals surface area contributed by atoms with Crippen LogP contribution in [0.2, 0.25) is 0 Å². The molecule has 3 heterocycles. The fourth-order valence-corrected chi connectivity index (χ4v) is 10.6. The third-order valence-corrected chi connectivity index (χ3v) is 14.2. The van der Waals surface area contributed by atoms with Gasteiger partial charge in [0.15, 0.2) is 0 Å². The van der Waals surface area contributed by atoms with Crippen LogP contribution >= 0.6 is 34.0 Å². The van der Waals surface area contributed by atoms with Gasteiger partial charge in [-0.05, 0) is 176 Å². The van der Waals surface area contributed by atoms with Crippen molar-refractivity contribution in [2.45, 2.75) is 96.3 Å². The summed E-state index contributed by atoms with van der Waals surface area (Å²) in [5.41, 5.74) is 4.46. The molecule has 0 atom stereocenters. The van der Waals surface area contributed by atoms with E-state index < -0.39 is 0 Å². The minimum absolute atomic E-state index is 0.744. The first kappa shape index (κ1) is 45.1. The van der Waals surface area contributed by atoms with Crippen LogP contribution in [0.5, 0.6) is 34.5 Å². The lowest BCUT2D eigenvalue weighted by Crippen LogP contribution is -1.97. The summed E-state index contributed by atoms with van der Waals surface area (Å²) in [4.78, 5) is 5.78. The summed E-state index contributed by atoms with van der Waals surface area (Å²) in [6.07, 6.45) is 17.3. The fraction of sp³-hybridized carbons (Fsp3) is 0.412. The number of thiophene rings is 3.